The normalized spacial score (nSPS) is 18.2. The number of fused-ring (bicyclic) bond motifs is 6. The number of pyridine rings is 3. The molecule has 32 heavy (non-hydrogen) atoms. The van der Waals surface area contributed by atoms with Gasteiger partial charge in [0.1, 0.15) is 5.60 Å². The van der Waals surface area contributed by atoms with E-state index < -0.39 is 5.60 Å². The summed E-state index contributed by atoms with van der Waals surface area (Å²) in [6.07, 6.45) is 6.14. The van der Waals surface area contributed by atoms with Gasteiger partial charge in [0.05, 0.1) is 22.8 Å². The average Bonchev–Trinajstić information content (AvgIpc) is 2.77. The summed E-state index contributed by atoms with van der Waals surface area (Å²) in [6, 6.07) is 8.24. The van der Waals surface area contributed by atoms with Gasteiger partial charge in [-0.15, -0.1) is 0 Å². The zero-order valence-electron chi connectivity index (χ0n) is 18.7. The van der Waals surface area contributed by atoms with Crippen LogP contribution in [0.3, 0.4) is 0 Å². The van der Waals surface area contributed by atoms with Gasteiger partial charge in [-0.1, -0.05) is 12.1 Å². The van der Waals surface area contributed by atoms with Crippen LogP contribution in [0, 0.1) is 0 Å². The van der Waals surface area contributed by atoms with Gasteiger partial charge in [-0.25, -0.2) is 9.78 Å². The second kappa shape index (κ2) is 6.86. The molecule has 3 aromatic rings. The number of hydrogen-bond donors (Lipinski definition) is 0. The highest BCUT2D eigenvalue weighted by atomic mass is 16.6. The molecular weight excluding hydrogens is 400 g/mol. The molecule has 6 nitrogen and oxygen atoms in total. The van der Waals surface area contributed by atoms with E-state index in [9.17, 15) is 4.79 Å². The van der Waals surface area contributed by atoms with Crippen molar-refractivity contribution < 1.29 is 9.53 Å². The Hall–Kier alpha value is -3.28. The van der Waals surface area contributed by atoms with Crippen molar-refractivity contribution in [3.05, 3.63) is 64.5 Å². The highest BCUT2D eigenvalue weighted by molar-refractivity contribution is 5.78. The van der Waals surface area contributed by atoms with E-state index in [-0.39, 0.29) is 12.0 Å². The number of carbonyl (C=O) groups excluding carboxylic acids is 1. The molecule has 1 atom stereocenters. The van der Waals surface area contributed by atoms with E-state index in [1.54, 1.807) is 0 Å². The largest absolute Gasteiger partial charge is 0.444 e. The van der Waals surface area contributed by atoms with Crippen molar-refractivity contribution in [3.8, 4) is 22.8 Å². The number of hydrogen-bond acceptors (Lipinski definition) is 5. The van der Waals surface area contributed by atoms with Crippen molar-refractivity contribution in [2.24, 2.45) is 0 Å². The minimum absolute atomic E-state index is 0.195. The predicted octanol–water partition coefficient (Wildman–Crippen LogP) is 4.69. The molecule has 1 unspecified atom stereocenters. The summed E-state index contributed by atoms with van der Waals surface area (Å²) in [7, 11) is 0. The number of amides is 1. The van der Waals surface area contributed by atoms with Crippen LogP contribution in [-0.4, -0.2) is 38.1 Å². The van der Waals surface area contributed by atoms with Gasteiger partial charge in [-0.05, 0) is 80.0 Å². The molecule has 0 saturated heterocycles. The van der Waals surface area contributed by atoms with E-state index in [1.807, 2.05) is 50.2 Å². The lowest BCUT2D eigenvalue weighted by Crippen LogP contribution is -2.43. The summed E-state index contributed by atoms with van der Waals surface area (Å²) in [6.45, 7) is 6.93. The Bertz CT molecular complexity index is 1260. The molecule has 4 heterocycles. The fourth-order valence-electron chi connectivity index (χ4n) is 5.39. The highest BCUT2D eigenvalue weighted by Crippen LogP contribution is 2.47. The van der Waals surface area contributed by atoms with Crippen LogP contribution in [0.15, 0.2) is 36.7 Å². The smallest absolute Gasteiger partial charge is 0.410 e. The van der Waals surface area contributed by atoms with Crippen molar-refractivity contribution in [1.29, 1.82) is 0 Å². The minimum atomic E-state index is -0.522. The Morgan fingerprint density at radius 1 is 0.969 bits per heavy atom. The summed E-state index contributed by atoms with van der Waals surface area (Å²) in [5.74, 6) is 0.195. The first-order chi connectivity index (χ1) is 15.4. The average molecular weight is 427 g/mol. The summed E-state index contributed by atoms with van der Waals surface area (Å²) in [5, 5.41) is 0. The molecule has 0 saturated carbocycles. The first-order valence-electron chi connectivity index (χ1n) is 11.3. The van der Waals surface area contributed by atoms with Crippen LogP contribution in [0.5, 0.6) is 0 Å². The third kappa shape index (κ3) is 3.00. The summed E-state index contributed by atoms with van der Waals surface area (Å²) < 4.78 is 5.75. The van der Waals surface area contributed by atoms with Crippen LogP contribution < -0.4 is 0 Å². The van der Waals surface area contributed by atoms with Gasteiger partial charge >= 0.3 is 6.09 Å². The van der Waals surface area contributed by atoms with Crippen LogP contribution in [0.25, 0.3) is 22.8 Å². The standard InChI is InChI=1S/C26H26N4O2/c1-26(2,3)32-25(31)30-13-17-12-16-7-5-11-28-22(16)24-20(17)19(14-30)18-9-8-15-6-4-10-27-21(15)23(18)29-24/h4-7,10-11,17H,8-9,12-14H2,1-3H3. The second-order valence-electron chi connectivity index (χ2n) is 9.96. The zero-order valence-corrected chi connectivity index (χ0v) is 18.7. The van der Waals surface area contributed by atoms with E-state index >= 15 is 0 Å². The lowest BCUT2D eigenvalue weighted by atomic mass is 9.75. The quantitative estimate of drug-likeness (QED) is 0.521. The SMILES string of the molecule is CC(C)(C)OC(=O)N1Cc2c3c(nc4c2C(Cc2cccnc2-4)C1)-c1ncccc1CC3. The van der Waals surface area contributed by atoms with Crippen LogP contribution in [-0.2, 0) is 30.5 Å². The van der Waals surface area contributed by atoms with Crippen molar-refractivity contribution in [2.45, 2.75) is 58.1 Å². The number of aryl methyl sites for hydroxylation is 1. The Balaban J connectivity index is 1.55. The van der Waals surface area contributed by atoms with Crippen molar-refractivity contribution >= 4 is 6.09 Å². The lowest BCUT2D eigenvalue weighted by Gasteiger charge is -2.40. The van der Waals surface area contributed by atoms with Crippen molar-refractivity contribution in [2.75, 3.05) is 6.54 Å². The fraction of sp³-hybridized carbons (Fsp3) is 0.385. The van der Waals surface area contributed by atoms with Crippen LogP contribution in [0.2, 0.25) is 0 Å². The van der Waals surface area contributed by atoms with Gasteiger partial charge in [0.15, 0.2) is 0 Å². The molecule has 3 aliphatic rings. The number of carbonyl (C=O) groups is 1. The predicted molar refractivity (Wildman–Crippen MR) is 121 cm³/mol. The number of nitrogens with zero attached hydrogens (tertiary/aromatic N) is 4. The molecule has 3 aromatic heterocycles. The Morgan fingerprint density at radius 2 is 1.69 bits per heavy atom. The van der Waals surface area contributed by atoms with Gasteiger partial charge in [-0.2, -0.15) is 0 Å². The molecule has 0 aromatic carbocycles. The third-order valence-corrected chi connectivity index (χ3v) is 6.65. The fourth-order valence-corrected chi connectivity index (χ4v) is 5.39. The summed E-state index contributed by atoms with van der Waals surface area (Å²) in [5.41, 5.74) is 9.46. The van der Waals surface area contributed by atoms with Crippen LogP contribution >= 0.6 is 0 Å². The molecule has 6 rings (SSSR count). The molecule has 0 bridgehead atoms. The van der Waals surface area contributed by atoms with E-state index in [2.05, 4.69) is 12.1 Å². The van der Waals surface area contributed by atoms with Gasteiger partial charge in [0.25, 0.3) is 0 Å². The van der Waals surface area contributed by atoms with E-state index in [1.165, 1.54) is 27.8 Å². The number of rotatable bonds is 0. The molecule has 0 fully saturated rings. The molecule has 2 aliphatic carbocycles. The Morgan fingerprint density at radius 3 is 2.44 bits per heavy atom. The zero-order chi connectivity index (χ0) is 22.0. The van der Waals surface area contributed by atoms with E-state index in [4.69, 9.17) is 19.7 Å². The van der Waals surface area contributed by atoms with Crippen LogP contribution in [0.1, 0.15) is 54.5 Å². The summed E-state index contributed by atoms with van der Waals surface area (Å²) >= 11 is 0. The maximum Gasteiger partial charge on any atom is 0.410 e. The Kier molecular flexibility index (Phi) is 4.16. The van der Waals surface area contributed by atoms with Crippen molar-refractivity contribution in [3.63, 3.8) is 0 Å². The first kappa shape index (κ1) is 19.4. The molecule has 0 N–H and O–H groups in total. The van der Waals surface area contributed by atoms with Gasteiger partial charge in [0.2, 0.25) is 0 Å². The topological polar surface area (TPSA) is 68.2 Å². The Labute approximate surface area is 187 Å². The molecule has 6 heteroatoms. The van der Waals surface area contributed by atoms with Gasteiger partial charge < -0.3 is 9.64 Å². The summed E-state index contributed by atoms with van der Waals surface area (Å²) in [4.78, 5) is 29.5. The first-order valence-corrected chi connectivity index (χ1v) is 11.3. The third-order valence-electron chi connectivity index (χ3n) is 6.65. The number of ether oxygens (including phenoxy) is 1. The molecular formula is C26H26N4O2. The molecule has 0 spiro atoms. The monoisotopic (exact) mass is 426 g/mol. The highest BCUT2D eigenvalue weighted by Gasteiger charge is 2.40. The van der Waals surface area contributed by atoms with Gasteiger partial charge in [0, 0.05) is 31.4 Å². The maximum atomic E-state index is 13.1. The molecule has 162 valence electrons. The second-order valence-corrected chi connectivity index (χ2v) is 9.96. The van der Waals surface area contributed by atoms with Crippen molar-refractivity contribution in [1.82, 2.24) is 19.9 Å². The lowest BCUT2D eigenvalue weighted by molar-refractivity contribution is 0.0204. The maximum absolute atomic E-state index is 13.1. The van der Waals surface area contributed by atoms with Gasteiger partial charge in [-0.3, -0.25) is 9.97 Å². The van der Waals surface area contributed by atoms with E-state index in [0.29, 0.717) is 13.1 Å². The van der Waals surface area contributed by atoms with E-state index in [0.717, 1.165) is 42.0 Å². The molecule has 1 amide bonds. The van der Waals surface area contributed by atoms with Crippen LogP contribution in [0.4, 0.5) is 4.79 Å². The molecule has 0 radical (unpaired) electrons. The molecule has 1 aliphatic heterocycles. The minimum Gasteiger partial charge on any atom is -0.444 e. The number of aromatic nitrogens is 3.